The summed E-state index contributed by atoms with van der Waals surface area (Å²) < 4.78 is 0.670. The molecule has 0 aliphatic rings. The van der Waals surface area contributed by atoms with Gasteiger partial charge in [-0.05, 0) is 45.6 Å². The van der Waals surface area contributed by atoms with E-state index in [0.717, 1.165) is 5.56 Å². The number of hydrogen-bond acceptors (Lipinski definition) is 3. The van der Waals surface area contributed by atoms with Crippen LogP contribution in [0, 0.1) is 11.3 Å². The topological polar surface area (TPSA) is 53.8 Å². The molecule has 110 valence electrons. The smallest absolute Gasteiger partial charge is 0.174 e. The molecule has 0 N–H and O–H groups in total. The van der Waals surface area contributed by atoms with Crippen molar-refractivity contribution >= 4 is 27.8 Å². The van der Waals surface area contributed by atoms with Crippen molar-refractivity contribution in [2.45, 2.75) is 19.3 Å². The molecular weight excluding hydrogens is 340 g/mol. The molecule has 0 saturated heterocycles. The van der Waals surface area contributed by atoms with Gasteiger partial charge in [-0.1, -0.05) is 43.3 Å². The van der Waals surface area contributed by atoms with Gasteiger partial charge in [-0.2, -0.15) is 5.26 Å². The van der Waals surface area contributed by atoms with E-state index in [1.165, 1.54) is 6.08 Å². The standard InChI is InChI=1S/C18H15BrN2O/c1-13(14-6-3-2-4-7-14)10-17(22)15(12-20)11-16-8-5-9-18(19)21-16/h2-9,11,13H,10H2,1H3/b15-11+/t13-/m1/s1. The van der Waals surface area contributed by atoms with Crippen LogP contribution < -0.4 is 0 Å². The maximum Gasteiger partial charge on any atom is 0.174 e. The van der Waals surface area contributed by atoms with E-state index in [1.807, 2.05) is 49.4 Å². The van der Waals surface area contributed by atoms with Crippen molar-refractivity contribution in [2.75, 3.05) is 0 Å². The van der Waals surface area contributed by atoms with Crippen LogP contribution in [0.5, 0.6) is 0 Å². The predicted octanol–water partition coefficient (Wildman–Crippen LogP) is 4.51. The molecule has 3 nitrogen and oxygen atoms in total. The molecule has 2 aromatic rings. The summed E-state index contributed by atoms with van der Waals surface area (Å²) in [7, 11) is 0. The first-order valence-corrected chi connectivity index (χ1v) is 7.72. The van der Waals surface area contributed by atoms with Gasteiger partial charge < -0.3 is 0 Å². The summed E-state index contributed by atoms with van der Waals surface area (Å²) >= 11 is 3.27. The minimum atomic E-state index is -0.166. The number of aromatic nitrogens is 1. The summed E-state index contributed by atoms with van der Waals surface area (Å²) in [5.74, 6) is -0.0958. The highest BCUT2D eigenvalue weighted by atomic mass is 79.9. The fourth-order valence-electron chi connectivity index (χ4n) is 2.11. The van der Waals surface area contributed by atoms with E-state index in [4.69, 9.17) is 0 Å². The van der Waals surface area contributed by atoms with Gasteiger partial charge in [0.05, 0.1) is 11.3 Å². The number of rotatable bonds is 5. The average molecular weight is 355 g/mol. The molecule has 0 radical (unpaired) electrons. The maximum atomic E-state index is 12.3. The average Bonchev–Trinajstić information content (AvgIpc) is 2.53. The van der Waals surface area contributed by atoms with Gasteiger partial charge in [-0.15, -0.1) is 0 Å². The molecule has 0 saturated carbocycles. The lowest BCUT2D eigenvalue weighted by molar-refractivity contribution is -0.115. The lowest BCUT2D eigenvalue weighted by Crippen LogP contribution is -2.06. The van der Waals surface area contributed by atoms with Gasteiger partial charge in [0.15, 0.2) is 5.78 Å². The van der Waals surface area contributed by atoms with Crippen molar-refractivity contribution < 1.29 is 4.79 Å². The zero-order valence-corrected chi connectivity index (χ0v) is 13.7. The van der Waals surface area contributed by atoms with Crippen molar-refractivity contribution in [3.8, 4) is 6.07 Å². The predicted molar refractivity (Wildman–Crippen MR) is 90.0 cm³/mol. The molecule has 0 spiro atoms. The molecule has 0 aliphatic carbocycles. The summed E-state index contributed by atoms with van der Waals surface area (Å²) in [6.45, 7) is 1.99. The number of benzene rings is 1. The van der Waals surface area contributed by atoms with E-state index in [-0.39, 0.29) is 17.3 Å². The number of ketones is 1. The normalized spacial score (nSPS) is 12.5. The van der Waals surface area contributed by atoms with Crippen LogP contribution in [-0.2, 0) is 4.79 Å². The number of nitriles is 1. The Balaban J connectivity index is 2.14. The second-order valence-electron chi connectivity index (χ2n) is 4.99. The van der Waals surface area contributed by atoms with Crippen molar-refractivity contribution in [3.63, 3.8) is 0 Å². The summed E-state index contributed by atoms with van der Waals surface area (Å²) in [4.78, 5) is 16.5. The van der Waals surface area contributed by atoms with Crippen molar-refractivity contribution in [3.05, 3.63) is 70.0 Å². The lowest BCUT2D eigenvalue weighted by Gasteiger charge is -2.10. The van der Waals surface area contributed by atoms with Gasteiger partial charge in [0.1, 0.15) is 10.7 Å². The minimum absolute atomic E-state index is 0.0703. The van der Waals surface area contributed by atoms with Crippen LogP contribution in [0.25, 0.3) is 6.08 Å². The van der Waals surface area contributed by atoms with Crippen LogP contribution in [0.4, 0.5) is 0 Å². The summed E-state index contributed by atoms with van der Waals surface area (Å²) in [5, 5.41) is 9.23. The van der Waals surface area contributed by atoms with Crippen LogP contribution >= 0.6 is 15.9 Å². The molecule has 4 heteroatoms. The Kier molecular flexibility index (Phi) is 5.62. The molecule has 1 aromatic heterocycles. The van der Waals surface area contributed by atoms with E-state index < -0.39 is 0 Å². The molecule has 0 unspecified atom stereocenters. The van der Waals surface area contributed by atoms with E-state index >= 15 is 0 Å². The fourth-order valence-corrected chi connectivity index (χ4v) is 2.47. The lowest BCUT2D eigenvalue weighted by atomic mass is 9.93. The number of hydrogen-bond donors (Lipinski definition) is 0. The number of halogens is 1. The van der Waals surface area contributed by atoms with Gasteiger partial charge in [-0.3, -0.25) is 4.79 Å². The van der Waals surface area contributed by atoms with Gasteiger partial charge >= 0.3 is 0 Å². The van der Waals surface area contributed by atoms with E-state index in [9.17, 15) is 10.1 Å². The number of nitrogens with zero attached hydrogens (tertiary/aromatic N) is 2. The first kappa shape index (κ1) is 16.1. The SMILES string of the molecule is C[C@H](CC(=O)/C(C#N)=C/c1cccc(Br)n1)c1ccccc1. The highest BCUT2D eigenvalue weighted by Gasteiger charge is 2.15. The molecular formula is C18H15BrN2O. The third kappa shape index (κ3) is 4.37. The molecule has 0 fully saturated rings. The van der Waals surface area contributed by atoms with Gasteiger partial charge in [0.25, 0.3) is 0 Å². The number of carbonyl (C=O) groups excluding carboxylic acids is 1. The van der Waals surface area contributed by atoms with Crippen molar-refractivity contribution in [2.24, 2.45) is 0 Å². The van der Waals surface area contributed by atoms with Gasteiger partial charge in [-0.25, -0.2) is 4.98 Å². The number of carbonyl (C=O) groups is 1. The van der Waals surface area contributed by atoms with Crippen LogP contribution in [0.1, 0.15) is 30.5 Å². The zero-order chi connectivity index (χ0) is 15.9. The quantitative estimate of drug-likeness (QED) is 0.450. The highest BCUT2D eigenvalue weighted by molar-refractivity contribution is 9.10. The van der Waals surface area contributed by atoms with Crippen LogP contribution in [0.2, 0.25) is 0 Å². The summed E-state index contributed by atoms with van der Waals surface area (Å²) in [6, 6.07) is 17.2. The molecule has 0 aliphatic heterocycles. The number of Topliss-reactive ketones (excluding diaryl/α,β-unsaturated/α-hetero) is 1. The Morgan fingerprint density at radius 2 is 2.00 bits per heavy atom. The Labute approximate surface area is 138 Å². The Hall–Kier alpha value is -2.25. The van der Waals surface area contributed by atoms with Crippen LogP contribution in [0.15, 0.2) is 58.7 Å². The molecule has 1 atom stereocenters. The molecule has 1 heterocycles. The van der Waals surface area contributed by atoms with Gasteiger partial charge in [0.2, 0.25) is 0 Å². The van der Waals surface area contributed by atoms with Crippen molar-refractivity contribution in [1.29, 1.82) is 5.26 Å². The Bertz CT molecular complexity index is 732. The zero-order valence-electron chi connectivity index (χ0n) is 12.2. The molecule has 2 rings (SSSR count). The van der Waals surface area contributed by atoms with E-state index in [0.29, 0.717) is 16.7 Å². The third-order valence-electron chi connectivity index (χ3n) is 3.31. The summed E-state index contributed by atoms with van der Waals surface area (Å²) in [5.41, 5.74) is 1.81. The van der Waals surface area contributed by atoms with Crippen molar-refractivity contribution in [1.82, 2.24) is 4.98 Å². The first-order chi connectivity index (χ1) is 10.6. The monoisotopic (exact) mass is 354 g/mol. The van der Waals surface area contributed by atoms with Gasteiger partial charge in [0, 0.05) is 6.42 Å². The molecule has 1 aromatic carbocycles. The molecule has 0 amide bonds. The number of pyridine rings is 1. The second kappa shape index (κ2) is 7.67. The fraction of sp³-hybridized carbons (Fsp3) is 0.167. The van der Waals surface area contributed by atoms with E-state index in [1.54, 1.807) is 12.1 Å². The van der Waals surface area contributed by atoms with Crippen LogP contribution in [-0.4, -0.2) is 10.8 Å². The highest BCUT2D eigenvalue weighted by Crippen LogP contribution is 2.21. The summed E-state index contributed by atoms with van der Waals surface area (Å²) in [6.07, 6.45) is 1.84. The first-order valence-electron chi connectivity index (χ1n) is 6.92. The van der Waals surface area contributed by atoms with E-state index in [2.05, 4.69) is 20.9 Å². The Morgan fingerprint density at radius 3 is 2.64 bits per heavy atom. The second-order valence-corrected chi connectivity index (χ2v) is 5.81. The largest absolute Gasteiger partial charge is 0.293 e. The third-order valence-corrected chi connectivity index (χ3v) is 3.75. The Morgan fingerprint density at radius 1 is 1.27 bits per heavy atom. The molecule has 22 heavy (non-hydrogen) atoms. The maximum absolute atomic E-state index is 12.3. The van der Waals surface area contributed by atoms with Crippen LogP contribution in [0.3, 0.4) is 0 Å². The number of allylic oxidation sites excluding steroid dienone is 1. The minimum Gasteiger partial charge on any atom is -0.293 e. The molecule has 0 bridgehead atoms.